The first-order chi connectivity index (χ1) is 10.2. The highest BCUT2D eigenvalue weighted by atomic mass is 16.1. The van der Waals surface area contributed by atoms with Gasteiger partial charge in [-0.1, -0.05) is 51.0 Å². The van der Waals surface area contributed by atoms with E-state index < -0.39 is 0 Å². The summed E-state index contributed by atoms with van der Waals surface area (Å²) < 4.78 is 0. The summed E-state index contributed by atoms with van der Waals surface area (Å²) in [6.45, 7) is 5.33. The molecule has 1 amide bonds. The minimum atomic E-state index is -0.233. The van der Waals surface area contributed by atoms with E-state index in [1.807, 2.05) is 0 Å². The van der Waals surface area contributed by atoms with Crippen molar-refractivity contribution in [2.24, 2.45) is 5.73 Å². The van der Waals surface area contributed by atoms with Gasteiger partial charge in [-0.15, -0.1) is 0 Å². The third kappa shape index (κ3) is 7.86. The van der Waals surface area contributed by atoms with Crippen molar-refractivity contribution in [2.45, 2.75) is 64.8 Å². The Bertz CT molecular complexity index is 400. The SMILES string of the molecule is CCCCN[C@H](CC(N)=O)Cc1ccc(CCCC)cc1. The molecule has 21 heavy (non-hydrogen) atoms. The van der Waals surface area contributed by atoms with E-state index in [2.05, 4.69) is 43.4 Å². The molecule has 3 heteroatoms. The van der Waals surface area contributed by atoms with Gasteiger partial charge in [-0.25, -0.2) is 0 Å². The number of primary amides is 1. The van der Waals surface area contributed by atoms with Gasteiger partial charge in [0.25, 0.3) is 0 Å². The molecule has 0 saturated carbocycles. The number of hydrogen-bond acceptors (Lipinski definition) is 2. The lowest BCUT2D eigenvalue weighted by atomic mass is 10.00. The van der Waals surface area contributed by atoms with E-state index in [0.29, 0.717) is 6.42 Å². The molecule has 3 nitrogen and oxygen atoms in total. The second-order valence-electron chi connectivity index (χ2n) is 5.80. The number of hydrogen-bond donors (Lipinski definition) is 2. The Morgan fingerprint density at radius 2 is 1.71 bits per heavy atom. The van der Waals surface area contributed by atoms with Gasteiger partial charge in [-0.2, -0.15) is 0 Å². The van der Waals surface area contributed by atoms with Crippen LogP contribution in [0, 0.1) is 0 Å². The van der Waals surface area contributed by atoms with E-state index >= 15 is 0 Å². The van der Waals surface area contributed by atoms with Crippen LogP contribution in [-0.2, 0) is 17.6 Å². The lowest BCUT2D eigenvalue weighted by Gasteiger charge is -2.17. The minimum Gasteiger partial charge on any atom is -0.370 e. The van der Waals surface area contributed by atoms with Crippen molar-refractivity contribution in [3.8, 4) is 0 Å². The van der Waals surface area contributed by atoms with Gasteiger partial charge in [0.2, 0.25) is 5.91 Å². The number of amides is 1. The largest absolute Gasteiger partial charge is 0.370 e. The fraction of sp³-hybridized carbons (Fsp3) is 0.611. The van der Waals surface area contributed by atoms with Gasteiger partial charge in [0, 0.05) is 12.5 Å². The zero-order chi connectivity index (χ0) is 15.5. The number of aryl methyl sites for hydroxylation is 1. The van der Waals surface area contributed by atoms with Crippen LogP contribution in [0.15, 0.2) is 24.3 Å². The van der Waals surface area contributed by atoms with Crippen LogP contribution < -0.4 is 11.1 Å². The Morgan fingerprint density at radius 1 is 1.10 bits per heavy atom. The smallest absolute Gasteiger partial charge is 0.218 e. The van der Waals surface area contributed by atoms with Crippen molar-refractivity contribution in [3.63, 3.8) is 0 Å². The summed E-state index contributed by atoms with van der Waals surface area (Å²) in [6, 6.07) is 8.92. The van der Waals surface area contributed by atoms with Crippen molar-refractivity contribution < 1.29 is 4.79 Å². The van der Waals surface area contributed by atoms with Crippen molar-refractivity contribution in [1.82, 2.24) is 5.32 Å². The highest BCUT2D eigenvalue weighted by Gasteiger charge is 2.12. The van der Waals surface area contributed by atoms with Crippen LogP contribution in [0.1, 0.15) is 57.1 Å². The zero-order valence-corrected chi connectivity index (χ0v) is 13.5. The van der Waals surface area contributed by atoms with Crippen molar-refractivity contribution in [3.05, 3.63) is 35.4 Å². The van der Waals surface area contributed by atoms with Crippen LogP contribution in [-0.4, -0.2) is 18.5 Å². The molecule has 1 rings (SSSR count). The Hall–Kier alpha value is -1.35. The molecule has 1 atom stereocenters. The summed E-state index contributed by atoms with van der Waals surface area (Å²) in [6.07, 6.45) is 7.16. The second kappa shape index (κ2) is 10.4. The molecule has 0 heterocycles. The van der Waals surface area contributed by atoms with E-state index in [1.165, 1.54) is 24.0 Å². The summed E-state index contributed by atoms with van der Waals surface area (Å²) >= 11 is 0. The summed E-state index contributed by atoms with van der Waals surface area (Å²) in [5, 5.41) is 3.45. The monoisotopic (exact) mass is 290 g/mol. The molecule has 3 N–H and O–H groups in total. The van der Waals surface area contributed by atoms with Gasteiger partial charge in [-0.05, 0) is 43.4 Å². The molecule has 1 aromatic rings. The fourth-order valence-corrected chi connectivity index (χ4v) is 2.45. The summed E-state index contributed by atoms with van der Waals surface area (Å²) in [5.41, 5.74) is 8.01. The highest BCUT2D eigenvalue weighted by Crippen LogP contribution is 2.11. The Balaban J connectivity index is 2.53. The second-order valence-corrected chi connectivity index (χ2v) is 5.80. The summed E-state index contributed by atoms with van der Waals surface area (Å²) in [5.74, 6) is -0.233. The van der Waals surface area contributed by atoms with Crippen LogP contribution in [0.2, 0.25) is 0 Å². The first-order valence-electron chi connectivity index (χ1n) is 8.25. The molecule has 0 aliphatic rings. The van der Waals surface area contributed by atoms with Crippen LogP contribution in [0.3, 0.4) is 0 Å². The topological polar surface area (TPSA) is 55.1 Å². The lowest BCUT2D eigenvalue weighted by Crippen LogP contribution is -2.35. The van der Waals surface area contributed by atoms with E-state index in [-0.39, 0.29) is 11.9 Å². The van der Waals surface area contributed by atoms with E-state index in [0.717, 1.165) is 32.2 Å². The van der Waals surface area contributed by atoms with Crippen LogP contribution in [0.25, 0.3) is 0 Å². The molecule has 0 bridgehead atoms. The third-order valence-corrected chi connectivity index (χ3v) is 3.74. The first kappa shape index (κ1) is 17.7. The number of unbranched alkanes of at least 4 members (excludes halogenated alkanes) is 2. The van der Waals surface area contributed by atoms with Crippen LogP contribution in [0.4, 0.5) is 0 Å². The maximum atomic E-state index is 11.2. The van der Waals surface area contributed by atoms with E-state index in [9.17, 15) is 4.79 Å². The molecule has 0 fully saturated rings. The fourth-order valence-electron chi connectivity index (χ4n) is 2.45. The van der Waals surface area contributed by atoms with Gasteiger partial charge in [0.15, 0.2) is 0 Å². The number of carbonyl (C=O) groups is 1. The van der Waals surface area contributed by atoms with Crippen LogP contribution >= 0.6 is 0 Å². The quantitative estimate of drug-likeness (QED) is 0.615. The molecule has 0 radical (unpaired) electrons. The predicted molar refractivity (Wildman–Crippen MR) is 89.3 cm³/mol. The summed E-state index contributed by atoms with van der Waals surface area (Å²) in [7, 11) is 0. The molecular weight excluding hydrogens is 260 g/mol. The Morgan fingerprint density at radius 3 is 2.29 bits per heavy atom. The first-order valence-corrected chi connectivity index (χ1v) is 8.25. The minimum absolute atomic E-state index is 0.149. The molecule has 0 spiro atoms. The molecule has 118 valence electrons. The average molecular weight is 290 g/mol. The Labute approximate surface area is 129 Å². The zero-order valence-electron chi connectivity index (χ0n) is 13.5. The molecule has 0 aliphatic carbocycles. The normalized spacial score (nSPS) is 12.3. The van der Waals surface area contributed by atoms with Crippen molar-refractivity contribution in [2.75, 3.05) is 6.54 Å². The number of carbonyl (C=O) groups excluding carboxylic acids is 1. The predicted octanol–water partition coefficient (Wildman–Crippen LogP) is 3.21. The third-order valence-electron chi connectivity index (χ3n) is 3.74. The standard InChI is InChI=1S/C18H30N2O/c1-3-5-7-15-8-10-16(11-9-15)13-17(14-18(19)21)20-12-6-4-2/h8-11,17,20H,3-7,12-14H2,1-2H3,(H2,19,21)/t17-/m0/s1. The summed E-state index contributed by atoms with van der Waals surface area (Å²) in [4.78, 5) is 11.2. The maximum Gasteiger partial charge on any atom is 0.218 e. The maximum absolute atomic E-state index is 11.2. The average Bonchev–Trinajstić information content (AvgIpc) is 2.46. The molecule has 0 aliphatic heterocycles. The van der Waals surface area contributed by atoms with Crippen molar-refractivity contribution >= 4 is 5.91 Å². The van der Waals surface area contributed by atoms with Gasteiger partial charge < -0.3 is 11.1 Å². The number of benzene rings is 1. The van der Waals surface area contributed by atoms with Crippen LogP contribution in [0.5, 0.6) is 0 Å². The molecule has 0 saturated heterocycles. The number of nitrogens with two attached hydrogens (primary N) is 1. The molecule has 1 aromatic carbocycles. The van der Waals surface area contributed by atoms with Gasteiger partial charge in [-0.3, -0.25) is 4.79 Å². The molecular formula is C18H30N2O. The molecule has 0 unspecified atom stereocenters. The van der Waals surface area contributed by atoms with Crippen molar-refractivity contribution in [1.29, 1.82) is 0 Å². The Kier molecular flexibility index (Phi) is 8.76. The highest BCUT2D eigenvalue weighted by molar-refractivity contribution is 5.74. The van der Waals surface area contributed by atoms with Gasteiger partial charge >= 0.3 is 0 Å². The number of rotatable bonds is 11. The van der Waals surface area contributed by atoms with Gasteiger partial charge in [0.1, 0.15) is 0 Å². The van der Waals surface area contributed by atoms with E-state index in [4.69, 9.17) is 5.73 Å². The van der Waals surface area contributed by atoms with Gasteiger partial charge in [0.05, 0.1) is 0 Å². The van der Waals surface area contributed by atoms with E-state index in [1.54, 1.807) is 0 Å². The lowest BCUT2D eigenvalue weighted by molar-refractivity contribution is -0.118. The number of nitrogens with one attached hydrogen (secondary N) is 1. The molecule has 0 aromatic heterocycles.